The molecule has 3 aromatic rings. The Morgan fingerprint density at radius 3 is 2.67 bits per heavy atom. The van der Waals surface area contributed by atoms with Gasteiger partial charge in [-0.15, -0.1) is 0 Å². The molecule has 4 nitrogen and oxygen atoms in total. The van der Waals surface area contributed by atoms with Crippen LogP contribution in [-0.2, 0) is 13.0 Å². The van der Waals surface area contributed by atoms with Crippen LogP contribution in [0.5, 0.6) is 11.5 Å². The normalized spacial score (nSPS) is 12.0. The molecule has 0 saturated heterocycles. The predicted octanol–water partition coefficient (Wildman–Crippen LogP) is 4.93. The van der Waals surface area contributed by atoms with Gasteiger partial charge in [0.15, 0.2) is 11.5 Å². The van der Waals surface area contributed by atoms with Gasteiger partial charge in [-0.3, -0.25) is 4.98 Å². The van der Waals surface area contributed by atoms with Crippen LogP contribution in [0.25, 0.3) is 0 Å². The Balaban J connectivity index is 1.75. The fourth-order valence-corrected chi connectivity index (χ4v) is 3.63. The molecule has 0 aliphatic rings. The highest BCUT2D eigenvalue weighted by Crippen LogP contribution is 2.28. The highest BCUT2D eigenvalue weighted by atomic mass is 32.1. The second-order valence-electron chi connectivity index (χ2n) is 6.45. The number of hydrogen-bond acceptors (Lipinski definition) is 5. The molecule has 0 aliphatic carbocycles. The van der Waals surface area contributed by atoms with Crippen LogP contribution in [0.3, 0.4) is 0 Å². The Kier molecular flexibility index (Phi) is 6.85. The third-order valence-electron chi connectivity index (χ3n) is 4.39. The minimum atomic E-state index is 0.151. The predicted molar refractivity (Wildman–Crippen MR) is 111 cm³/mol. The summed E-state index contributed by atoms with van der Waals surface area (Å²) in [6.45, 7) is 5.38. The van der Waals surface area contributed by atoms with Gasteiger partial charge in [-0.1, -0.05) is 12.1 Å². The van der Waals surface area contributed by atoms with Crippen molar-refractivity contribution in [2.45, 2.75) is 32.9 Å². The highest BCUT2D eigenvalue weighted by Gasteiger charge is 2.14. The third kappa shape index (κ3) is 5.31. The lowest BCUT2D eigenvalue weighted by atomic mass is 10.0. The van der Waals surface area contributed by atoms with Crippen molar-refractivity contribution in [1.82, 2.24) is 10.3 Å². The van der Waals surface area contributed by atoms with E-state index in [2.05, 4.69) is 52.3 Å². The first-order chi connectivity index (χ1) is 13.2. The molecule has 5 heteroatoms. The summed E-state index contributed by atoms with van der Waals surface area (Å²) in [4.78, 5) is 4.64. The lowest BCUT2D eigenvalue weighted by Gasteiger charge is -2.19. The number of thiophene rings is 1. The van der Waals surface area contributed by atoms with E-state index in [-0.39, 0.29) is 6.04 Å². The summed E-state index contributed by atoms with van der Waals surface area (Å²) in [6.07, 6.45) is 2.84. The topological polar surface area (TPSA) is 43.4 Å². The zero-order valence-electron chi connectivity index (χ0n) is 16.1. The van der Waals surface area contributed by atoms with Gasteiger partial charge in [0.25, 0.3) is 0 Å². The maximum Gasteiger partial charge on any atom is 0.161 e. The summed E-state index contributed by atoms with van der Waals surface area (Å²) in [5.74, 6) is 1.54. The molecule has 1 aromatic carbocycles. The van der Waals surface area contributed by atoms with Crippen LogP contribution in [0.15, 0.2) is 53.4 Å². The molecule has 142 valence electrons. The molecule has 2 heterocycles. The second kappa shape index (κ2) is 9.53. The zero-order valence-corrected chi connectivity index (χ0v) is 16.9. The summed E-state index contributed by atoms with van der Waals surface area (Å²) in [6, 6.07) is 12.6. The monoisotopic (exact) mass is 382 g/mol. The minimum Gasteiger partial charge on any atom is -0.493 e. The molecule has 3 rings (SSSR count). The van der Waals surface area contributed by atoms with Crippen LogP contribution in [0.2, 0.25) is 0 Å². The standard InChI is InChI=1S/C22H26N2O2S/c1-4-26-21-8-6-17(12-22(21)25-3)14-24-20(11-18-9-10-27-15-18)19-7-5-16(2)13-23-19/h5-10,12-13,15,20,24H,4,11,14H2,1-3H3. The van der Waals surface area contributed by atoms with E-state index in [0.717, 1.165) is 35.7 Å². The van der Waals surface area contributed by atoms with Gasteiger partial charge in [0.1, 0.15) is 0 Å². The first kappa shape index (κ1) is 19.4. The fraction of sp³-hybridized carbons (Fsp3) is 0.318. The van der Waals surface area contributed by atoms with Gasteiger partial charge in [0.05, 0.1) is 25.5 Å². The van der Waals surface area contributed by atoms with Crippen LogP contribution in [0.4, 0.5) is 0 Å². The van der Waals surface area contributed by atoms with Gasteiger partial charge in [0, 0.05) is 12.7 Å². The first-order valence-corrected chi connectivity index (χ1v) is 10.1. The van der Waals surface area contributed by atoms with E-state index < -0.39 is 0 Å². The maximum absolute atomic E-state index is 5.60. The SMILES string of the molecule is CCOc1ccc(CNC(Cc2ccsc2)c2ccc(C)cn2)cc1OC. The van der Waals surface area contributed by atoms with E-state index in [4.69, 9.17) is 9.47 Å². The van der Waals surface area contributed by atoms with E-state index in [1.165, 1.54) is 11.1 Å². The van der Waals surface area contributed by atoms with E-state index in [1.54, 1.807) is 18.4 Å². The van der Waals surface area contributed by atoms with Gasteiger partial charge in [-0.2, -0.15) is 11.3 Å². The summed E-state index contributed by atoms with van der Waals surface area (Å²) in [5, 5.41) is 7.97. The lowest BCUT2D eigenvalue weighted by molar-refractivity contribution is 0.310. The Bertz CT molecular complexity index is 832. The van der Waals surface area contributed by atoms with Gasteiger partial charge in [-0.25, -0.2) is 0 Å². The molecular weight excluding hydrogens is 356 g/mol. The molecule has 2 aromatic heterocycles. The van der Waals surface area contributed by atoms with Crippen molar-refractivity contribution >= 4 is 11.3 Å². The van der Waals surface area contributed by atoms with Crippen molar-refractivity contribution in [2.75, 3.05) is 13.7 Å². The van der Waals surface area contributed by atoms with Crippen molar-refractivity contribution in [1.29, 1.82) is 0 Å². The van der Waals surface area contributed by atoms with Gasteiger partial charge < -0.3 is 14.8 Å². The van der Waals surface area contributed by atoms with Crippen LogP contribution in [0, 0.1) is 6.92 Å². The van der Waals surface area contributed by atoms with E-state index in [0.29, 0.717) is 6.61 Å². The third-order valence-corrected chi connectivity index (χ3v) is 5.12. The molecule has 1 atom stereocenters. The highest BCUT2D eigenvalue weighted by molar-refractivity contribution is 7.07. The number of nitrogens with zero attached hydrogens (tertiary/aromatic N) is 1. The molecule has 0 bridgehead atoms. The molecule has 27 heavy (non-hydrogen) atoms. The lowest BCUT2D eigenvalue weighted by Crippen LogP contribution is -2.23. The van der Waals surface area contributed by atoms with E-state index in [1.807, 2.05) is 25.3 Å². The van der Waals surface area contributed by atoms with Crippen LogP contribution in [0.1, 0.15) is 35.3 Å². The molecule has 0 aliphatic heterocycles. The Labute approximate surface area is 165 Å². The average Bonchev–Trinajstić information content (AvgIpc) is 3.20. The van der Waals surface area contributed by atoms with Gasteiger partial charge in [0.2, 0.25) is 0 Å². The molecular formula is C22H26N2O2S. The van der Waals surface area contributed by atoms with Crippen molar-refractivity contribution in [2.24, 2.45) is 0 Å². The molecule has 0 spiro atoms. The second-order valence-corrected chi connectivity index (χ2v) is 7.23. The number of hydrogen-bond donors (Lipinski definition) is 1. The number of methoxy groups -OCH3 is 1. The number of aromatic nitrogens is 1. The van der Waals surface area contributed by atoms with E-state index in [9.17, 15) is 0 Å². The number of nitrogens with one attached hydrogen (secondary N) is 1. The fourth-order valence-electron chi connectivity index (χ4n) is 2.95. The van der Waals surface area contributed by atoms with Crippen molar-refractivity contribution in [3.8, 4) is 11.5 Å². The smallest absolute Gasteiger partial charge is 0.161 e. The molecule has 0 saturated carbocycles. The molecule has 0 fully saturated rings. The Morgan fingerprint density at radius 1 is 1.11 bits per heavy atom. The van der Waals surface area contributed by atoms with Gasteiger partial charge >= 0.3 is 0 Å². The quantitative estimate of drug-likeness (QED) is 0.570. The summed E-state index contributed by atoms with van der Waals surface area (Å²) < 4.78 is 11.1. The van der Waals surface area contributed by atoms with Crippen molar-refractivity contribution < 1.29 is 9.47 Å². The number of aryl methyl sites for hydroxylation is 1. The molecule has 1 unspecified atom stereocenters. The van der Waals surface area contributed by atoms with Crippen LogP contribution < -0.4 is 14.8 Å². The zero-order chi connectivity index (χ0) is 19.1. The van der Waals surface area contributed by atoms with E-state index >= 15 is 0 Å². The van der Waals surface area contributed by atoms with Gasteiger partial charge in [-0.05, 0) is 72.0 Å². The average molecular weight is 383 g/mol. The number of benzene rings is 1. The number of ether oxygens (including phenoxy) is 2. The van der Waals surface area contributed by atoms with Crippen LogP contribution >= 0.6 is 11.3 Å². The Morgan fingerprint density at radius 2 is 2.00 bits per heavy atom. The minimum absolute atomic E-state index is 0.151. The number of rotatable bonds is 9. The first-order valence-electron chi connectivity index (χ1n) is 9.16. The Hall–Kier alpha value is -2.37. The largest absolute Gasteiger partial charge is 0.493 e. The summed E-state index contributed by atoms with van der Waals surface area (Å²) >= 11 is 1.73. The summed E-state index contributed by atoms with van der Waals surface area (Å²) in [7, 11) is 1.67. The summed E-state index contributed by atoms with van der Waals surface area (Å²) in [5.41, 5.74) is 4.70. The molecule has 0 amide bonds. The number of pyridine rings is 1. The molecule has 0 radical (unpaired) electrons. The molecule has 1 N–H and O–H groups in total. The van der Waals surface area contributed by atoms with Crippen molar-refractivity contribution in [3.05, 3.63) is 75.7 Å². The van der Waals surface area contributed by atoms with Crippen molar-refractivity contribution in [3.63, 3.8) is 0 Å². The maximum atomic E-state index is 5.60. The van der Waals surface area contributed by atoms with Crippen LogP contribution in [-0.4, -0.2) is 18.7 Å².